The van der Waals surface area contributed by atoms with E-state index in [1.165, 1.54) is 11.3 Å². The van der Waals surface area contributed by atoms with Crippen LogP contribution in [0, 0.1) is 12.8 Å². The highest BCUT2D eigenvalue weighted by Crippen LogP contribution is 2.31. The summed E-state index contributed by atoms with van der Waals surface area (Å²) in [7, 11) is 0. The Hall–Kier alpha value is -0.290. The number of carbonyl (C=O) groups excluding carboxylic acids is 1. The maximum atomic E-state index is 12.5. The summed E-state index contributed by atoms with van der Waals surface area (Å²) in [6.07, 6.45) is 2.04. The van der Waals surface area contributed by atoms with Gasteiger partial charge in [-0.25, -0.2) is 0 Å². The topological polar surface area (TPSA) is 46.3 Å². The molecule has 0 radical (unpaired) electrons. The molecule has 2 unspecified atom stereocenters. The van der Waals surface area contributed by atoms with Crippen molar-refractivity contribution in [3.63, 3.8) is 0 Å². The number of hydrogen-bond donors (Lipinski definition) is 1. The minimum Gasteiger partial charge on any atom is -0.334 e. The second kappa shape index (κ2) is 6.93. The smallest absolute Gasteiger partial charge is 0.265 e. The van der Waals surface area contributed by atoms with Gasteiger partial charge in [0.15, 0.2) is 0 Å². The molecule has 19 heavy (non-hydrogen) atoms. The number of thiophene rings is 1. The Kier molecular flexibility index (Phi) is 6.12. The van der Waals surface area contributed by atoms with Gasteiger partial charge in [-0.2, -0.15) is 0 Å². The SMILES string of the molecule is Cc1csc(C(=O)N2CCC(C)CC2CN)c1Cl.Cl. The fraction of sp³-hybridized carbons (Fsp3) is 0.615. The van der Waals surface area contributed by atoms with Crippen LogP contribution in [-0.4, -0.2) is 29.9 Å². The average molecular weight is 323 g/mol. The summed E-state index contributed by atoms with van der Waals surface area (Å²) >= 11 is 7.60. The molecule has 0 aliphatic carbocycles. The van der Waals surface area contributed by atoms with Crippen LogP contribution in [0.3, 0.4) is 0 Å². The van der Waals surface area contributed by atoms with Gasteiger partial charge in [0.05, 0.1) is 5.02 Å². The van der Waals surface area contributed by atoms with Gasteiger partial charge < -0.3 is 10.6 Å². The number of rotatable bonds is 2. The standard InChI is InChI=1S/C13H19ClN2OS.ClH/c1-8-3-4-16(10(5-8)6-15)13(17)12-11(14)9(2)7-18-12;/h7-8,10H,3-6,15H2,1-2H3;1H. The van der Waals surface area contributed by atoms with E-state index in [4.69, 9.17) is 17.3 Å². The van der Waals surface area contributed by atoms with E-state index < -0.39 is 0 Å². The van der Waals surface area contributed by atoms with Gasteiger partial charge in [0, 0.05) is 19.1 Å². The summed E-state index contributed by atoms with van der Waals surface area (Å²) in [5.74, 6) is 0.684. The van der Waals surface area contributed by atoms with Crippen molar-refractivity contribution in [2.75, 3.05) is 13.1 Å². The molecule has 2 N–H and O–H groups in total. The van der Waals surface area contributed by atoms with Crippen molar-refractivity contribution in [1.82, 2.24) is 4.90 Å². The molecule has 0 aromatic carbocycles. The summed E-state index contributed by atoms with van der Waals surface area (Å²) in [6.45, 7) is 5.45. The third-order valence-corrected chi connectivity index (χ3v) is 5.29. The summed E-state index contributed by atoms with van der Waals surface area (Å²) in [5.41, 5.74) is 6.76. The Labute approximate surface area is 129 Å². The van der Waals surface area contributed by atoms with Gasteiger partial charge in [-0.3, -0.25) is 4.79 Å². The normalized spacial score (nSPS) is 23.1. The number of aryl methyl sites for hydroxylation is 1. The summed E-state index contributed by atoms with van der Waals surface area (Å²) in [6, 6.07) is 0.153. The van der Waals surface area contributed by atoms with Crippen LogP contribution in [0.2, 0.25) is 5.02 Å². The third kappa shape index (κ3) is 3.43. The molecule has 0 spiro atoms. The number of amides is 1. The second-order valence-electron chi connectivity index (χ2n) is 5.08. The highest BCUT2D eigenvalue weighted by atomic mass is 35.5. The maximum absolute atomic E-state index is 12.5. The van der Waals surface area contributed by atoms with Crippen molar-refractivity contribution in [2.45, 2.75) is 32.7 Å². The molecule has 1 saturated heterocycles. The molecule has 0 saturated carbocycles. The van der Waals surface area contributed by atoms with Crippen LogP contribution in [0.15, 0.2) is 5.38 Å². The van der Waals surface area contributed by atoms with Crippen molar-refractivity contribution < 1.29 is 4.79 Å². The monoisotopic (exact) mass is 322 g/mol. The molecule has 108 valence electrons. The number of nitrogens with two attached hydrogens (primary N) is 1. The number of likely N-dealkylation sites (tertiary alicyclic amines) is 1. The van der Waals surface area contributed by atoms with E-state index in [1.807, 2.05) is 17.2 Å². The minimum atomic E-state index is 0. The predicted molar refractivity (Wildman–Crippen MR) is 83.6 cm³/mol. The van der Waals surface area contributed by atoms with Crippen LogP contribution < -0.4 is 5.73 Å². The first-order valence-electron chi connectivity index (χ1n) is 6.29. The molecule has 2 rings (SSSR count). The molecular formula is C13H20Cl2N2OS. The fourth-order valence-corrected chi connectivity index (χ4v) is 3.68. The largest absolute Gasteiger partial charge is 0.334 e. The van der Waals surface area contributed by atoms with Crippen LogP contribution in [0.1, 0.15) is 35.0 Å². The van der Waals surface area contributed by atoms with Gasteiger partial charge in [-0.15, -0.1) is 23.7 Å². The van der Waals surface area contributed by atoms with Gasteiger partial charge in [-0.05, 0) is 36.6 Å². The van der Waals surface area contributed by atoms with E-state index in [0.29, 0.717) is 22.4 Å². The zero-order chi connectivity index (χ0) is 13.3. The zero-order valence-corrected chi connectivity index (χ0v) is 13.6. The number of halogens is 2. The van der Waals surface area contributed by atoms with Crippen molar-refractivity contribution in [3.05, 3.63) is 20.8 Å². The highest BCUT2D eigenvalue weighted by molar-refractivity contribution is 7.13. The quantitative estimate of drug-likeness (QED) is 0.907. The fourth-order valence-electron chi connectivity index (χ4n) is 2.45. The zero-order valence-electron chi connectivity index (χ0n) is 11.2. The van der Waals surface area contributed by atoms with Crippen molar-refractivity contribution in [3.8, 4) is 0 Å². The maximum Gasteiger partial charge on any atom is 0.265 e. The first-order valence-corrected chi connectivity index (χ1v) is 7.55. The Morgan fingerprint density at radius 2 is 2.32 bits per heavy atom. The lowest BCUT2D eigenvalue weighted by Gasteiger charge is -2.37. The van der Waals surface area contributed by atoms with E-state index in [-0.39, 0.29) is 24.4 Å². The molecule has 6 heteroatoms. The molecule has 0 bridgehead atoms. The van der Waals surface area contributed by atoms with Gasteiger partial charge in [0.1, 0.15) is 4.88 Å². The lowest BCUT2D eigenvalue weighted by Crippen LogP contribution is -2.49. The molecular weight excluding hydrogens is 303 g/mol. The molecule has 1 aromatic heterocycles. The molecule has 2 heterocycles. The van der Waals surface area contributed by atoms with Gasteiger partial charge in [-0.1, -0.05) is 18.5 Å². The van der Waals surface area contributed by atoms with Crippen LogP contribution >= 0.6 is 35.3 Å². The van der Waals surface area contributed by atoms with Crippen molar-refractivity contribution in [1.29, 1.82) is 0 Å². The van der Waals surface area contributed by atoms with Crippen LogP contribution in [0.4, 0.5) is 0 Å². The second-order valence-corrected chi connectivity index (χ2v) is 6.34. The number of piperidine rings is 1. The molecule has 1 aliphatic heterocycles. The summed E-state index contributed by atoms with van der Waals surface area (Å²) in [5, 5.41) is 2.53. The van der Waals surface area contributed by atoms with E-state index in [9.17, 15) is 4.79 Å². The van der Waals surface area contributed by atoms with Gasteiger partial charge in [0.2, 0.25) is 0 Å². The first kappa shape index (κ1) is 16.8. The lowest BCUT2D eigenvalue weighted by molar-refractivity contribution is 0.0579. The average Bonchev–Trinajstić information content (AvgIpc) is 2.69. The third-order valence-electron chi connectivity index (χ3n) is 3.60. The van der Waals surface area contributed by atoms with Crippen LogP contribution in [0.25, 0.3) is 0 Å². The summed E-state index contributed by atoms with van der Waals surface area (Å²) < 4.78 is 0. The molecule has 1 aromatic rings. The van der Waals surface area contributed by atoms with E-state index in [0.717, 1.165) is 24.9 Å². The Bertz CT molecular complexity index is 450. The Morgan fingerprint density at radius 3 is 2.84 bits per heavy atom. The molecule has 1 amide bonds. The van der Waals surface area contributed by atoms with Crippen molar-refractivity contribution in [2.24, 2.45) is 11.7 Å². The Morgan fingerprint density at radius 1 is 1.63 bits per heavy atom. The van der Waals surface area contributed by atoms with E-state index in [1.54, 1.807) is 0 Å². The first-order chi connectivity index (χ1) is 8.54. The lowest BCUT2D eigenvalue weighted by atomic mass is 9.92. The van der Waals surface area contributed by atoms with Crippen LogP contribution in [0.5, 0.6) is 0 Å². The highest BCUT2D eigenvalue weighted by Gasteiger charge is 2.31. The van der Waals surface area contributed by atoms with E-state index in [2.05, 4.69) is 6.92 Å². The summed E-state index contributed by atoms with van der Waals surface area (Å²) in [4.78, 5) is 15.1. The molecule has 1 fully saturated rings. The number of carbonyl (C=O) groups is 1. The molecule has 1 aliphatic rings. The van der Waals surface area contributed by atoms with E-state index >= 15 is 0 Å². The Balaban J connectivity index is 0.00000180. The van der Waals surface area contributed by atoms with Crippen molar-refractivity contribution >= 4 is 41.3 Å². The van der Waals surface area contributed by atoms with Crippen LogP contribution in [-0.2, 0) is 0 Å². The van der Waals surface area contributed by atoms with Gasteiger partial charge >= 0.3 is 0 Å². The van der Waals surface area contributed by atoms with Gasteiger partial charge in [0.25, 0.3) is 5.91 Å². The number of hydrogen-bond acceptors (Lipinski definition) is 3. The predicted octanol–water partition coefficient (Wildman–Crippen LogP) is 3.33. The molecule has 3 nitrogen and oxygen atoms in total. The minimum absolute atomic E-state index is 0. The number of nitrogens with zero attached hydrogens (tertiary/aromatic N) is 1. The molecule has 2 atom stereocenters.